The van der Waals surface area contributed by atoms with Crippen molar-refractivity contribution in [1.29, 1.82) is 0 Å². The molecule has 3 rings (SSSR count). The molecular weight excluding hydrogens is 236 g/mol. The third kappa shape index (κ3) is 1.49. The summed E-state index contributed by atoms with van der Waals surface area (Å²) in [5, 5.41) is 18.6. The van der Waals surface area contributed by atoms with Gasteiger partial charge in [-0.05, 0) is 18.2 Å². The highest BCUT2D eigenvalue weighted by Crippen LogP contribution is 2.29. The van der Waals surface area contributed by atoms with E-state index >= 15 is 0 Å². The van der Waals surface area contributed by atoms with Crippen molar-refractivity contribution >= 4 is 11.2 Å². The van der Waals surface area contributed by atoms with Gasteiger partial charge in [0.2, 0.25) is 0 Å². The zero-order valence-corrected chi connectivity index (χ0v) is 9.01. The van der Waals surface area contributed by atoms with Crippen LogP contribution in [0.2, 0.25) is 0 Å². The fourth-order valence-corrected chi connectivity index (χ4v) is 1.65. The number of phenols is 2. The van der Waals surface area contributed by atoms with E-state index in [9.17, 15) is 15.0 Å². The lowest BCUT2D eigenvalue weighted by molar-refractivity contribution is 0.404. The first kappa shape index (κ1) is 10.3. The first-order valence-corrected chi connectivity index (χ1v) is 5.11. The van der Waals surface area contributed by atoms with Gasteiger partial charge in [0.1, 0.15) is 5.82 Å². The first-order valence-electron chi connectivity index (χ1n) is 5.11. The third-order valence-electron chi connectivity index (χ3n) is 2.54. The average Bonchev–Trinajstić information content (AvgIpc) is 2.78. The lowest BCUT2D eigenvalue weighted by Gasteiger charge is -1.99. The number of aromatic nitrogens is 4. The summed E-state index contributed by atoms with van der Waals surface area (Å²) in [4.78, 5) is 24.8. The van der Waals surface area contributed by atoms with Gasteiger partial charge < -0.3 is 20.2 Å². The van der Waals surface area contributed by atoms with Crippen molar-refractivity contribution in [1.82, 2.24) is 19.9 Å². The van der Waals surface area contributed by atoms with E-state index in [0.29, 0.717) is 17.0 Å². The van der Waals surface area contributed by atoms with Gasteiger partial charge in [-0.1, -0.05) is 0 Å². The van der Waals surface area contributed by atoms with Gasteiger partial charge in [0.05, 0.1) is 6.33 Å². The summed E-state index contributed by atoms with van der Waals surface area (Å²) in [5.74, 6) is -0.0786. The topological polar surface area (TPSA) is 115 Å². The van der Waals surface area contributed by atoms with Crippen LogP contribution in [0.25, 0.3) is 22.6 Å². The fourth-order valence-electron chi connectivity index (χ4n) is 1.65. The van der Waals surface area contributed by atoms with Crippen molar-refractivity contribution in [3.8, 4) is 22.9 Å². The van der Waals surface area contributed by atoms with Crippen molar-refractivity contribution < 1.29 is 10.2 Å². The van der Waals surface area contributed by atoms with Gasteiger partial charge in [-0.2, -0.15) is 0 Å². The fraction of sp³-hybridized carbons (Fsp3) is 0. The molecule has 0 atom stereocenters. The van der Waals surface area contributed by atoms with Crippen LogP contribution in [0.15, 0.2) is 29.3 Å². The molecule has 0 spiro atoms. The highest BCUT2D eigenvalue weighted by atomic mass is 16.3. The van der Waals surface area contributed by atoms with Gasteiger partial charge in [0, 0.05) is 5.56 Å². The van der Waals surface area contributed by atoms with Crippen molar-refractivity contribution in [2.75, 3.05) is 0 Å². The van der Waals surface area contributed by atoms with Crippen molar-refractivity contribution in [3.05, 3.63) is 34.9 Å². The normalized spacial score (nSPS) is 10.9. The van der Waals surface area contributed by atoms with E-state index in [-0.39, 0.29) is 22.6 Å². The standard InChI is InChI=1S/C11H8N4O3/c16-6-2-1-5(3-7(6)17)9-14-8-10(15-9)12-4-13-11(8)18/h1-4,16-17H,(H2,12,13,14,15,18). The molecule has 18 heavy (non-hydrogen) atoms. The Morgan fingerprint density at radius 3 is 2.72 bits per heavy atom. The molecule has 0 saturated heterocycles. The van der Waals surface area contributed by atoms with Gasteiger partial charge >= 0.3 is 0 Å². The zero-order chi connectivity index (χ0) is 12.7. The Labute approximate surface area is 99.8 Å². The van der Waals surface area contributed by atoms with E-state index in [2.05, 4.69) is 19.9 Å². The summed E-state index contributed by atoms with van der Waals surface area (Å²) in [6, 6.07) is 4.26. The van der Waals surface area contributed by atoms with E-state index in [4.69, 9.17) is 0 Å². The Morgan fingerprint density at radius 1 is 1.17 bits per heavy atom. The number of rotatable bonds is 1. The van der Waals surface area contributed by atoms with Crippen LogP contribution in [0.3, 0.4) is 0 Å². The van der Waals surface area contributed by atoms with Gasteiger partial charge in [0.15, 0.2) is 22.7 Å². The van der Waals surface area contributed by atoms with Gasteiger partial charge in [-0.15, -0.1) is 0 Å². The number of aromatic amines is 2. The Kier molecular flexibility index (Phi) is 2.06. The molecule has 2 heterocycles. The molecule has 0 radical (unpaired) electrons. The van der Waals surface area contributed by atoms with E-state index in [1.54, 1.807) is 6.07 Å². The summed E-state index contributed by atoms with van der Waals surface area (Å²) in [6.07, 6.45) is 1.27. The highest BCUT2D eigenvalue weighted by molar-refractivity contribution is 5.75. The second kappa shape index (κ2) is 3.59. The molecule has 2 aromatic heterocycles. The molecule has 0 saturated carbocycles. The van der Waals surface area contributed by atoms with Crippen molar-refractivity contribution in [2.45, 2.75) is 0 Å². The molecule has 7 heteroatoms. The van der Waals surface area contributed by atoms with Crippen LogP contribution in [0.4, 0.5) is 0 Å². The SMILES string of the molecule is O=c1[nH]cnc2nc(-c3ccc(O)c(O)c3)[nH]c12. The first-order chi connectivity index (χ1) is 8.65. The number of nitrogens with zero attached hydrogens (tertiary/aromatic N) is 2. The molecule has 0 bridgehead atoms. The molecule has 3 aromatic rings. The third-order valence-corrected chi connectivity index (χ3v) is 2.54. The number of imidazole rings is 1. The Morgan fingerprint density at radius 2 is 2.00 bits per heavy atom. The Balaban J connectivity index is 2.22. The monoisotopic (exact) mass is 244 g/mol. The summed E-state index contributed by atoms with van der Waals surface area (Å²) in [5.41, 5.74) is 0.783. The lowest BCUT2D eigenvalue weighted by Crippen LogP contribution is -2.05. The van der Waals surface area contributed by atoms with E-state index in [1.807, 2.05) is 0 Å². The predicted molar refractivity (Wildman–Crippen MR) is 63.3 cm³/mol. The molecule has 0 aliphatic carbocycles. The molecular formula is C11H8N4O3. The number of hydrogen-bond donors (Lipinski definition) is 4. The minimum atomic E-state index is -0.318. The largest absolute Gasteiger partial charge is 0.504 e. The smallest absolute Gasteiger partial charge is 0.276 e. The number of aromatic hydroxyl groups is 2. The molecule has 0 aliphatic heterocycles. The van der Waals surface area contributed by atoms with Crippen LogP contribution in [0.5, 0.6) is 11.5 Å². The molecule has 0 aliphatic rings. The number of H-pyrrole nitrogens is 2. The second-order valence-electron chi connectivity index (χ2n) is 3.72. The van der Waals surface area contributed by atoms with Crippen molar-refractivity contribution in [2.24, 2.45) is 0 Å². The number of nitrogens with one attached hydrogen (secondary N) is 2. The molecule has 1 aromatic carbocycles. The summed E-state index contributed by atoms with van der Waals surface area (Å²) >= 11 is 0. The van der Waals surface area contributed by atoms with Crippen LogP contribution < -0.4 is 5.56 Å². The van der Waals surface area contributed by atoms with Gasteiger partial charge in [-0.3, -0.25) is 4.79 Å². The maximum atomic E-state index is 11.5. The summed E-state index contributed by atoms with van der Waals surface area (Å²) in [7, 11) is 0. The summed E-state index contributed by atoms with van der Waals surface area (Å²) in [6.45, 7) is 0. The minimum Gasteiger partial charge on any atom is -0.504 e. The van der Waals surface area contributed by atoms with Crippen LogP contribution in [0.1, 0.15) is 0 Å². The van der Waals surface area contributed by atoms with Gasteiger partial charge in [0.25, 0.3) is 5.56 Å². The van der Waals surface area contributed by atoms with Crippen LogP contribution >= 0.6 is 0 Å². The molecule has 0 unspecified atom stereocenters. The molecule has 0 amide bonds. The molecule has 0 fully saturated rings. The van der Waals surface area contributed by atoms with E-state index < -0.39 is 0 Å². The van der Waals surface area contributed by atoms with Crippen LogP contribution in [-0.2, 0) is 0 Å². The van der Waals surface area contributed by atoms with Crippen LogP contribution in [-0.4, -0.2) is 30.1 Å². The molecule has 7 nitrogen and oxygen atoms in total. The molecule has 90 valence electrons. The van der Waals surface area contributed by atoms with Crippen molar-refractivity contribution in [3.63, 3.8) is 0 Å². The Hall–Kier alpha value is -2.83. The van der Waals surface area contributed by atoms with Gasteiger partial charge in [-0.25, -0.2) is 9.97 Å². The lowest BCUT2D eigenvalue weighted by atomic mass is 10.2. The maximum absolute atomic E-state index is 11.5. The number of benzene rings is 1. The zero-order valence-electron chi connectivity index (χ0n) is 9.01. The molecule has 4 N–H and O–H groups in total. The number of fused-ring (bicyclic) bond motifs is 1. The predicted octanol–water partition coefficient (Wildman–Crippen LogP) is 0.724. The number of phenolic OH excluding ortho intramolecular Hbond substituents is 2. The average molecular weight is 244 g/mol. The summed E-state index contributed by atoms with van der Waals surface area (Å²) < 4.78 is 0. The highest BCUT2D eigenvalue weighted by Gasteiger charge is 2.10. The Bertz CT molecular complexity index is 790. The van der Waals surface area contributed by atoms with E-state index in [0.717, 1.165) is 0 Å². The maximum Gasteiger partial charge on any atom is 0.276 e. The quantitative estimate of drug-likeness (QED) is 0.471. The van der Waals surface area contributed by atoms with E-state index in [1.165, 1.54) is 18.5 Å². The number of hydrogen-bond acceptors (Lipinski definition) is 5. The minimum absolute atomic E-state index is 0.217. The van der Waals surface area contributed by atoms with Crippen LogP contribution in [0, 0.1) is 0 Å². The second-order valence-corrected chi connectivity index (χ2v) is 3.72.